The van der Waals surface area contributed by atoms with Crippen LogP contribution in [0, 0.1) is 11.8 Å². The van der Waals surface area contributed by atoms with E-state index in [1.165, 1.54) is 101 Å². The Balaban J connectivity index is 1.29. The van der Waals surface area contributed by atoms with Crippen LogP contribution in [0.4, 0.5) is 0 Å². The summed E-state index contributed by atoms with van der Waals surface area (Å²) in [6.45, 7) is 4.62. The molecule has 1 aromatic carbocycles. The maximum absolute atomic E-state index is 4.81. The maximum atomic E-state index is 4.81. The molecule has 1 heterocycles. The van der Waals surface area contributed by atoms with Gasteiger partial charge in [-0.2, -0.15) is 0 Å². The van der Waals surface area contributed by atoms with E-state index in [1.54, 1.807) is 0 Å². The largest absolute Gasteiger partial charge is 0.240 e. The van der Waals surface area contributed by atoms with Crippen LogP contribution in [0.3, 0.4) is 0 Å². The molecule has 2 nitrogen and oxygen atoms in total. The van der Waals surface area contributed by atoms with E-state index in [-0.39, 0.29) is 0 Å². The second kappa shape index (κ2) is 12.0. The van der Waals surface area contributed by atoms with Gasteiger partial charge in [-0.3, -0.25) is 0 Å². The third kappa shape index (κ3) is 6.21. The van der Waals surface area contributed by atoms with E-state index in [9.17, 15) is 0 Å². The molecule has 0 spiro atoms. The Bertz CT molecular complexity index is 779. The molecular weight excluding hydrogens is 388 g/mol. The van der Waals surface area contributed by atoms with Crippen molar-refractivity contribution < 1.29 is 0 Å². The van der Waals surface area contributed by atoms with Crippen molar-refractivity contribution in [2.45, 2.75) is 116 Å². The average Bonchev–Trinajstić information content (AvgIpc) is 2.86. The topological polar surface area (TPSA) is 25.8 Å². The molecule has 2 heteroatoms. The Labute approximate surface area is 196 Å². The Kier molecular flexibility index (Phi) is 8.77. The number of nitrogens with zero attached hydrogens (tertiary/aromatic N) is 2. The number of benzene rings is 1. The third-order valence-corrected chi connectivity index (χ3v) is 8.36. The monoisotopic (exact) mass is 432 g/mol. The predicted octanol–water partition coefficient (Wildman–Crippen LogP) is 9.07. The summed E-state index contributed by atoms with van der Waals surface area (Å²) < 4.78 is 0. The lowest BCUT2D eigenvalue weighted by molar-refractivity contribution is 0.297. The zero-order chi connectivity index (χ0) is 22.2. The summed E-state index contributed by atoms with van der Waals surface area (Å²) in [5.74, 6) is 4.31. The summed E-state index contributed by atoms with van der Waals surface area (Å²) in [6.07, 6.45) is 23.3. The van der Waals surface area contributed by atoms with Crippen LogP contribution in [0.5, 0.6) is 0 Å². The number of hydrogen-bond acceptors (Lipinski definition) is 2. The molecule has 0 unspecified atom stereocenters. The zero-order valence-electron chi connectivity index (χ0n) is 20.6. The fourth-order valence-electron chi connectivity index (χ4n) is 6.23. The molecule has 2 aromatic rings. The second-order valence-electron chi connectivity index (χ2n) is 10.7. The molecule has 0 amide bonds. The predicted molar refractivity (Wildman–Crippen MR) is 136 cm³/mol. The van der Waals surface area contributed by atoms with Gasteiger partial charge in [-0.15, -0.1) is 0 Å². The fraction of sp³-hybridized carbons (Fsp3) is 0.667. The molecule has 0 radical (unpaired) electrons. The molecule has 2 aliphatic carbocycles. The number of aromatic nitrogens is 2. The van der Waals surface area contributed by atoms with Crippen LogP contribution < -0.4 is 0 Å². The highest BCUT2D eigenvalue weighted by atomic mass is 14.9. The Morgan fingerprint density at radius 1 is 0.625 bits per heavy atom. The Morgan fingerprint density at radius 2 is 1.22 bits per heavy atom. The zero-order valence-corrected chi connectivity index (χ0v) is 20.6. The highest BCUT2D eigenvalue weighted by Crippen LogP contribution is 2.39. The summed E-state index contributed by atoms with van der Waals surface area (Å²) in [5, 5.41) is 0. The molecule has 0 aliphatic heterocycles. The molecule has 1 aromatic heterocycles. The van der Waals surface area contributed by atoms with E-state index >= 15 is 0 Å². The SMILES string of the molecule is CCCCCC1CCC(c2ncc(-c3ccc(C4CCC(CCC)CC4)cc3)cn2)CC1. The smallest absolute Gasteiger partial charge is 0.131 e. The summed E-state index contributed by atoms with van der Waals surface area (Å²) in [7, 11) is 0. The molecular formula is C30H44N2. The van der Waals surface area contributed by atoms with Crippen LogP contribution in [0.1, 0.15) is 127 Å². The van der Waals surface area contributed by atoms with Crippen molar-refractivity contribution in [3.8, 4) is 11.1 Å². The number of rotatable bonds is 9. The van der Waals surface area contributed by atoms with Crippen LogP contribution in [0.2, 0.25) is 0 Å². The van der Waals surface area contributed by atoms with Crippen LogP contribution in [0.25, 0.3) is 11.1 Å². The van der Waals surface area contributed by atoms with Crippen molar-refractivity contribution >= 4 is 0 Å². The first-order chi connectivity index (χ1) is 15.8. The Hall–Kier alpha value is -1.70. The summed E-state index contributed by atoms with van der Waals surface area (Å²) in [4.78, 5) is 9.61. The molecule has 0 saturated heterocycles. The van der Waals surface area contributed by atoms with Crippen LogP contribution in [-0.2, 0) is 0 Å². The highest BCUT2D eigenvalue weighted by molar-refractivity contribution is 5.61. The third-order valence-electron chi connectivity index (χ3n) is 8.36. The van der Waals surface area contributed by atoms with Crippen molar-refractivity contribution in [1.82, 2.24) is 9.97 Å². The normalized spacial score (nSPS) is 26.2. The van der Waals surface area contributed by atoms with Crippen molar-refractivity contribution in [1.29, 1.82) is 0 Å². The fourth-order valence-corrected chi connectivity index (χ4v) is 6.23. The van der Waals surface area contributed by atoms with Crippen LogP contribution in [-0.4, -0.2) is 9.97 Å². The van der Waals surface area contributed by atoms with Crippen LogP contribution >= 0.6 is 0 Å². The van der Waals surface area contributed by atoms with Crippen molar-refractivity contribution in [3.05, 3.63) is 48.0 Å². The average molecular weight is 433 g/mol. The molecule has 0 atom stereocenters. The van der Waals surface area contributed by atoms with Gasteiger partial charge in [0, 0.05) is 23.9 Å². The van der Waals surface area contributed by atoms with Crippen LogP contribution in [0.15, 0.2) is 36.7 Å². The van der Waals surface area contributed by atoms with E-state index in [0.717, 1.165) is 29.1 Å². The van der Waals surface area contributed by atoms with Gasteiger partial charge in [0.05, 0.1) is 0 Å². The van der Waals surface area contributed by atoms with Gasteiger partial charge in [0.15, 0.2) is 0 Å². The summed E-state index contributed by atoms with van der Waals surface area (Å²) in [5.41, 5.74) is 3.93. The minimum Gasteiger partial charge on any atom is -0.240 e. The van der Waals surface area contributed by atoms with Gasteiger partial charge in [0.2, 0.25) is 0 Å². The second-order valence-corrected chi connectivity index (χ2v) is 10.7. The van der Waals surface area contributed by atoms with Crippen molar-refractivity contribution in [3.63, 3.8) is 0 Å². The van der Waals surface area contributed by atoms with Gasteiger partial charge in [-0.25, -0.2) is 9.97 Å². The minimum atomic E-state index is 0.566. The lowest BCUT2D eigenvalue weighted by Crippen LogP contribution is -2.15. The van der Waals surface area contributed by atoms with E-state index in [1.807, 2.05) is 0 Å². The molecule has 4 rings (SSSR count). The first-order valence-electron chi connectivity index (χ1n) is 13.7. The first kappa shape index (κ1) is 23.5. The quantitative estimate of drug-likeness (QED) is 0.369. The Morgan fingerprint density at radius 3 is 1.81 bits per heavy atom. The highest BCUT2D eigenvalue weighted by Gasteiger charge is 2.24. The van der Waals surface area contributed by atoms with Gasteiger partial charge >= 0.3 is 0 Å². The number of hydrogen-bond donors (Lipinski definition) is 0. The maximum Gasteiger partial charge on any atom is 0.131 e. The summed E-state index contributed by atoms with van der Waals surface area (Å²) in [6, 6.07) is 9.28. The molecule has 0 N–H and O–H groups in total. The lowest BCUT2D eigenvalue weighted by atomic mass is 9.77. The van der Waals surface area contributed by atoms with E-state index in [4.69, 9.17) is 9.97 Å². The van der Waals surface area contributed by atoms with E-state index in [0.29, 0.717) is 5.92 Å². The molecule has 0 bridgehead atoms. The first-order valence-corrected chi connectivity index (χ1v) is 13.7. The van der Waals surface area contributed by atoms with Gasteiger partial charge in [0.1, 0.15) is 5.82 Å². The van der Waals surface area contributed by atoms with Gasteiger partial charge in [-0.05, 0) is 80.2 Å². The minimum absolute atomic E-state index is 0.566. The molecule has 2 fully saturated rings. The molecule has 32 heavy (non-hydrogen) atoms. The summed E-state index contributed by atoms with van der Waals surface area (Å²) >= 11 is 0. The van der Waals surface area contributed by atoms with E-state index < -0.39 is 0 Å². The van der Waals surface area contributed by atoms with Crippen molar-refractivity contribution in [2.24, 2.45) is 11.8 Å². The molecule has 2 saturated carbocycles. The van der Waals surface area contributed by atoms with Gasteiger partial charge in [-0.1, -0.05) is 76.6 Å². The number of unbranched alkanes of at least 4 members (excludes halogenated alkanes) is 2. The standard InChI is InChI=1S/C30H44N2/c1-3-5-6-8-24-11-15-28(16-12-24)30-31-21-29(22-32-30)27-19-17-26(18-20-27)25-13-9-23(7-4-2)10-14-25/h17-25,28H,3-16H2,1-2H3. The molecule has 174 valence electrons. The van der Waals surface area contributed by atoms with Crippen molar-refractivity contribution in [2.75, 3.05) is 0 Å². The molecule has 2 aliphatic rings. The van der Waals surface area contributed by atoms with E-state index in [2.05, 4.69) is 50.5 Å². The van der Waals surface area contributed by atoms with Gasteiger partial charge in [0.25, 0.3) is 0 Å². The van der Waals surface area contributed by atoms with Gasteiger partial charge < -0.3 is 0 Å². The lowest BCUT2D eigenvalue weighted by Gasteiger charge is -2.28.